The van der Waals surface area contributed by atoms with Crippen molar-refractivity contribution in [3.05, 3.63) is 50.0 Å². The minimum absolute atomic E-state index is 0.225. The van der Waals surface area contributed by atoms with E-state index in [1.807, 2.05) is 20.8 Å². The summed E-state index contributed by atoms with van der Waals surface area (Å²) in [4.78, 5) is 262. The molecule has 710 valence electrons. The molecular formula is C50H89N15O47P12Si. The van der Waals surface area contributed by atoms with E-state index < -0.39 is 274 Å². The van der Waals surface area contributed by atoms with Crippen molar-refractivity contribution in [3.63, 3.8) is 0 Å². The van der Waals surface area contributed by atoms with Crippen LogP contribution in [0.1, 0.15) is 67.1 Å². The van der Waals surface area contributed by atoms with Crippen LogP contribution in [-0.2, 0) is 110 Å². The molecule has 9 rings (SSSR count). The molecule has 27 N–H and O–H groups in total. The lowest BCUT2D eigenvalue weighted by Crippen LogP contribution is -2.50. The van der Waals surface area contributed by atoms with Gasteiger partial charge in [0, 0.05) is 11.8 Å². The monoisotopic (exact) mass is 2050 g/mol. The van der Waals surface area contributed by atoms with Crippen LogP contribution in [0, 0.1) is 11.8 Å². The zero-order valence-corrected chi connectivity index (χ0v) is 77.3. The fraction of sp³-hybridized carbons (Fsp3) is 0.660. The number of hydrogen-bond donors (Lipinski definition) is 26. The van der Waals surface area contributed by atoms with Crippen molar-refractivity contribution in [3.8, 4) is 0 Å². The van der Waals surface area contributed by atoms with Gasteiger partial charge in [-0.15, -0.1) is 0 Å². The van der Waals surface area contributed by atoms with Gasteiger partial charge < -0.3 is 136 Å². The van der Waals surface area contributed by atoms with Gasteiger partial charge in [0.2, 0.25) is 29.7 Å². The number of imidazole rings is 3. The standard InChI is InChI=1S/C22H41N5O16P4Si.C16H27N5O16P4.C12H21N5O15P4/c1-12(2)18(28)25-21-24-17-14(19(29)26-21)23-9-27(17)20-16(42-47(38,39)11-45(33,34)35)15(43-48(6,7)22(3,4)5)13(41-20)8-40-46(36,37)10-44(30,31)32;1-7(2)13(23)19-16-18-12-9(14(24)20-16)17-4-21(12)15-10(22)11(37-41(33,34)6-39(28,29)30)8(36-15)3-35-40(31,32)5-38(25,26)27;13-12-15-9-6(10(19)16-12)14-2-17(9)11-7(18)8(32-36(28,29)4-34(23,24)25)5(31-11)1-30-35(26,27)3-33(20,21)22/h9,12-13,15-16,20H,8,10-11H2,1-7H3,(H,36,37)(H,38,39)(H2,30,31,32)(H2,33,34,35)(H2,24,25,26,28,29);4,7-8,10-11,15,22H,3,5-6H2,1-2H3,(H,31,32)(H,33,34)(H2,25,26,27)(H2,28,29,30)(H2,18,19,20,23,24);2,5,7-8,11,18H,1,3-4H2,(H,26,27)(H,28,29)(H2,20,21,22)(H2,23,24,25)(H3,13,15,16,19)/t;;5-,7?,8?,11-/m..1/s1. The Balaban J connectivity index is 0.000000260. The van der Waals surface area contributed by atoms with E-state index in [-0.39, 0.29) is 51.3 Å². The molecular weight excluding hydrogens is 1960 g/mol. The zero-order chi connectivity index (χ0) is 95.2. The van der Waals surface area contributed by atoms with E-state index in [1.165, 1.54) is 0 Å². The number of nitrogens with zero attached hydrogens (tertiary/aromatic N) is 9. The first kappa shape index (κ1) is 108. The Morgan fingerprint density at radius 1 is 0.440 bits per heavy atom. The highest BCUT2D eigenvalue weighted by Gasteiger charge is 2.57. The molecule has 6 aromatic heterocycles. The number of fused-ring (bicyclic) bond motifs is 3. The van der Waals surface area contributed by atoms with Gasteiger partial charge in [-0.25, -0.2) is 15.0 Å². The number of hydrogen-bond acceptors (Lipinski definition) is 36. The summed E-state index contributed by atoms with van der Waals surface area (Å²) in [5.74, 6) is -12.7. The summed E-state index contributed by atoms with van der Waals surface area (Å²) >= 11 is 0. The average molecular weight is 2050 g/mol. The second-order valence-electron chi connectivity index (χ2n) is 29.8. The molecule has 0 saturated carbocycles. The molecule has 0 aromatic carbocycles. The molecule has 125 heavy (non-hydrogen) atoms. The Kier molecular flexibility index (Phi) is 34.2. The Morgan fingerprint density at radius 3 is 1.00 bits per heavy atom. The predicted octanol–water partition coefficient (Wildman–Crippen LogP) is -0.937. The van der Waals surface area contributed by atoms with Crippen molar-refractivity contribution in [2.24, 2.45) is 11.8 Å². The first-order valence-electron chi connectivity index (χ1n) is 34.8. The molecule has 2 amide bonds. The first-order valence-corrected chi connectivity index (χ1v) is 59.1. The lowest BCUT2D eigenvalue weighted by Gasteiger charge is -2.40. The van der Waals surface area contributed by atoms with Crippen LogP contribution in [0.5, 0.6) is 0 Å². The van der Waals surface area contributed by atoms with Crippen molar-refractivity contribution in [2.45, 2.75) is 140 Å². The van der Waals surface area contributed by atoms with E-state index in [0.29, 0.717) is 0 Å². The largest absolute Gasteiger partial charge is 0.408 e. The first-order chi connectivity index (χ1) is 56.4. The van der Waals surface area contributed by atoms with Gasteiger partial charge in [0.15, 0.2) is 95.9 Å². The van der Waals surface area contributed by atoms with Crippen LogP contribution in [0.25, 0.3) is 33.5 Å². The van der Waals surface area contributed by atoms with Crippen molar-refractivity contribution in [2.75, 3.05) is 71.6 Å². The molecule has 0 bridgehead atoms. The minimum atomic E-state index is -5.20. The van der Waals surface area contributed by atoms with E-state index in [4.69, 9.17) is 81.6 Å². The number of H-pyrrole nitrogens is 3. The molecule has 0 spiro atoms. The molecule has 16 unspecified atom stereocenters. The number of carbonyl (C=O) groups excluding carboxylic acids is 2. The summed E-state index contributed by atoms with van der Waals surface area (Å²) < 4.78 is 199. The summed E-state index contributed by atoms with van der Waals surface area (Å²) in [5, 5.41) is 26.0. The summed E-state index contributed by atoms with van der Waals surface area (Å²) in [6.45, 7) is 12.3. The molecule has 3 fully saturated rings. The molecule has 9 heterocycles. The molecule has 0 radical (unpaired) electrons. The topological polar surface area (TPSA) is 977 Å². The van der Waals surface area contributed by atoms with Crippen LogP contribution in [0.2, 0.25) is 18.1 Å². The van der Waals surface area contributed by atoms with Crippen molar-refractivity contribution in [1.29, 1.82) is 0 Å². The number of aromatic amines is 3. The third-order valence-corrected chi connectivity index (χ3v) is 42.4. The van der Waals surface area contributed by atoms with E-state index in [0.717, 1.165) is 32.7 Å². The lowest BCUT2D eigenvalue weighted by molar-refractivity contribution is -0.119. The van der Waals surface area contributed by atoms with Gasteiger partial charge in [-0.1, -0.05) is 48.5 Å². The molecule has 0 aliphatic carbocycles. The molecule has 6 aromatic rings. The fourth-order valence-electron chi connectivity index (χ4n) is 11.0. The van der Waals surface area contributed by atoms with Gasteiger partial charge in [0.05, 0.1) is 38.8 Å². The quantitative estimate of drug-likeness (QED) is 0.0167. The maximum atomic E-state index is 13.1. The second-order valence-corrected chi connectivity index (χ2v) is 58.4. The van der Waals surface area contributed by atoms with Crippen LogP contribution in [-0.4, -0.2) is 287 Å². The maximum Gasteiger partial charge on any atom is 0.340 e. The van der Waals surface area contributed by atoms with Gasteiger partial charge in [-0.05, 0) is 18.1 Å². The van der Waals surface area contributed by atoms with Gasteiger partial charge in [0.1, 0.15) is 54.9 Å². The number of aliphatic hydroxyl groups excluding tert-OH is 2. The third kappa shape index (κ3) is 31.4. The summed E-state index contributed by atoms with van der Waals surface area (Å²) in [7, 11) is -63.9. The number of anilines is 3. The predicted molar refractivity (Wildman–Crippen MR) is 425 cm³/mol. The van der Waals surface area contributed by atoms with Crippen LogP contribution in [0.4, 0.5) is 17.8 Å². The molecule has 3 aliphatic rings. The Morgan fingerprint density at radius 2 is 0.704 bits per heavy atom. The number of nitrogens with two attached hydrogens (primary N) is 1. The molecule has 3 saturated heterocycles. The molecule has 75 heteroatoms. The third-order valence-electron chi connectivity index (χ3n) is 17.2. The smallest absolute Gasteiger partial charge is 0.340 e. The van der Waals surface area contributed by atoms with Crippen molar-refractivity contribution in [1.82, 2.24) is 58.6 Å². The van der Waals surface area contributed by atoms with Gasteiger partial charge in [-0.3, -0.25) is 132 Å². The summed E-state index contributed by atoms with van der Waals surface area (Å²) in [6, 6.07) is 0. The van der Waals surface area contributed by atoms with E-state index in [2.05, 4.69) is 64.5 Å². The highest BCUT2D eigenvalue weighted by Crippen LogP contribution is 2.63. The second kappa shape index (κ2) is 39.8. The highest BCUT2D eigenvalue weighted by molar-refractivity contribution is 7.72. The lowest BCUT2D eigenvalue weighted by atomic mass is 10.1. The Bertz CT molecular complexity index is 5780. The van der Waals surface area contributed by atoms with Crippen LogP contribution in [0.15, 0.2) is 33.4 Å². The Labute approximate surface area is 700 Å². The van der Waals surface area contributed by atoms with E-state index in [1.54, 1.807) is 40.8 Å². The number of amides is 2. The number of aromatic nitrogens is 12. The minimum Gasteiger partial charge on any atom is -0.408 e. The van der Waals surface area contributed by atoms with Crippen LogP contribution in [0.3, 0.4) is 0 Å². The van der Waals surface area contributed by atoms with Gasteiger partial charge in [0.25, 0.3) is 16.7 Å². The number of nitrogens with one attached hydrogen (secondary N) is 5. The van der Waals surface area contributed by atoms with Crippen molar-refractivity contribution >= 4 is 163 Å². The number of aliphatic hydroxyl groups is 2. The summed E-state index contributed by atoms with van der Waals surface area (Å²) in [5.41, 5.74) is 1.49. The van der Waals surface area contributed by atoms with Gasteiger partial charge >= 0.3 is 91.1 Å². The summed E-state index contributed by atoms with van der Waals surface area (Å²) in [6.07, 6.45) is -18.2. The number of carbonyl (C=O) groups is 2. The van der Waals surface area contributed by atoms with Crippen molar-refractivity contribution < 1.29 is 208 Å². The highest BCUT2D eigenvalue weighted by atomic mass is 31.3. The maximum absolute atomic E-state index is 13.1. The zero-order valence-electron chi connectivity index (χ0n) is 65.6. The number of rotatable bonds is 36. The van der Waals surface area contributed by atoms with Crippen LogP contribution >= 0.6 is 91.1 Å². The van der Waals surface area contributed by atoms with Crippen LogP contribution < -0.4 is 33.0 Å². The molecule has 3 aliphatic heterocycles. The van der Waals surface area contributed by atoms with Gasteiger partial charge in [-0.2, -0.15) is 15.0 Å². The SMILES string of the molecule is CC(C)C(=O)Nc1nc2c(ncn2C2OC(COP(=O)(O)CP(=O)(O)O)C(OP(=O)(O)CP(=O)(O)O)C2O)c(=O)[nH]1.CC(C)C(=O)Nc1nc2c(ncn2C2OC(COP(=O)(O)CP(=O)(O)O)C(O[Si](C)(C)C(C)(C)C)C2OP(=O)(O)CP(=O)(O)O)c(=O)[nH]1.Nc1nc2c(ncn2[C@@H]2O[C@H](COP(=O)(O)CP(=O)(O)O)C(OP(=O)(O)CP(=O)(O)O)C2O)c(=O)[nH]1. The number of ether oxygens (including phenoxy) is 3. The average Bonchev–Trinajstić information content (AvgIpc) is 1.63. The fourth-order valence-corrected chi connectivity index (χ4v) is 28.3. The van der Waals surface area contributed by atoms with E-state index >= 15 is 0 Å². The van der Waals surface area contributed by atoms with E-state index in [9.17, 15) is 138 Å². The Hall–Kier alpha value is -4.43. The molecule has 62 nitrogen and oxygen atoms in total. The molecule has 18 atom stereocenters. The number of nitrogen functional groups attached to an aromatic ring is 1. The normalized spacial score (nSPS) is 24.9.